The molecular weight excluding hydrogens is 292 g/mol. The van der Waals surface area contributed by atoms with Crippen LogP contribution in [0.15, 0.2) is 39.7 Å². The summed E-state index contributed by atoms with van der Waals surface area (Å²) in [5.41, 5.74) is 0.914. The van der Waals surface area contributed by atoms with Gasteiger partial charge in [-0.3, -0.25) is 0 Å². The Bertz CT molecular complexity index is 672. The molecule has 0 amide bonds. The molecule has 0 spiro atoms. The minimum Gasteiger partial charge on any atom is -0.444 e. The Labute approximate surface area is 125 Å². The van der Waals surface area contributed by atoms with Crippen molar-refractivity contribution in [2.45, 2.75) is 30.8 Å². The maximum atomic E-state index is 5.50. The van der Waals surface area contributed by atoms with Crippen LogP contribution in [0.25, 0.3) is 10.8 Å². The topological polar surface area (TPSA) is 56.7 Å². The van der Waals surface area contributed by atoms with Crippen LogP contribution in [0, 0.1) is 0 Å². The number of oxazole rings is 1. The number of hydrogen-bond acceptors (Lipinski definition) is 6. The van der Waals surface area contributed by atoms with E-state index in [1.54, 1.807) is 35.7 Å². The van der Waals surface area contributed by atoms with Crippen molar-refractivity contribution in [3.8, 4) is 10.8 Å². The van der Waals surface area contributed by atoms with E-state index in [0.29, 0.717) is 11.9 Å². The summed E-state index contributed by atoms with van der Waals surface area (Å²) in [4.78, 5) is 5.54. The van der Waals surface area contributed by atoms with E-state index >= 15 is 0 Å². The highest BCUT2D eigenvalue weighted by atomic mass is 32.2. The summed E-state index contributed by atoms with van der Waals surface area (Å²) in [6.45, 7) is 4.22. The van der Waals surface area contributed by atoms with Crippen molar-refractivity contribution in [1.82, 2.24) is 19.7 Å². The van der Waals surface area contributed by atoms with Gasteiger partial charge in [0.2, 0.25) is 5.89 Å². The molecule has 104 valence electrons. The van der Waals surface area contributed by atoms with Crippen LogP contribution in [0.5, 0.6) is 0 Å². The minimum absolute atomic E-state index is 0.353. The second-order valence-corrected chi connectivity index (χ2v) is 6.41. The van der Waals surface area contributed by atoms with Crippen molar-refractivity contribution < 1.29 is 4.42 Å². The Hall–Kier alpha value is -1.60. The molecule has 0 unspecified atom stereocenters. The van der Waals surface area contributed by atoms with Crippen LogP contribution in [-0.4, -0.2) is 19.7 Å². The normalized spacial score (nSPS) is 11.3. The summed E-state index contributed by atoms with van der Waals surface area (Å²) in [5.74, 6) is 1.40. The second kappa shape index (κ2) is 5.80. The summed E-state index contributed by atoms with van der Waals surface area (Å²) in [5, 5.41) is 11.0. The third-order valence-corrected chi connectivity index (χ3v) is 4.58. The highest BCUT2D eigenvalue weighted by Crippen LogP contribution is 2.27. The Balaban J connectivity index is 1.68. The van der Waals surface area contributed by atoms with Gasteiger partial charge in [-0.2, -0.15) is 0 Å². The zero-order chi connectivity index (χ0) is 13.9. The average Bonchev–Trinajstić information content (AvgIpc) is 3.16. The fourth-order valence-corrected chi connectivity index (χ4v) is 3.29. The van der Waals surface area contributed by atoms with Gasteiger partial charge in [-0.1, -0.05) is 17.8 Å². The standard InChI is InChI=1S/C13H14N4OS2/c1-9(2)17-8-14-16-13(17)20-7-10-6-18-12(15-10)11-4-3-5-19-11/h3-6,8-9H,7H2,1-2H3. The quantitative estimate of drug-likeness (QED) is 0.670. The molecule has 0 aliphatic rings. The fraction of sp³-hybridized carbons (Fsp3) is 0.308. The molecule has 0 N–H and O–H groups in total. The van der Waals surface area contributed by atoms with E-state index in [2.05, 4.69) is 29.0 Å². The lowest BCUT2D eigenvalue weighted by Gasteiger charge is -2.08. The van der Waals surface area contributed by atoms with Crippen LogP contribution in [0.3, 0.4) is 0 Å². The van der Waals surface area contributed by atoms with Crippen molar-refractivity contribution in [2.24, 2.45) is 0 Å². The van der Waals surface area contributed by atoms with Crippen LogP contribution in [0.1, 0.15) is 25.6 Å². The molecule has 5 nitrogen and oxygen atoms in total. The van der Waals surface area contributed by atoms with Crippen molar-refractivity contribution >= 4 is 23.1 Å². The van der Waals surface area contributed by atoms with Gasteiger partial charge in [0.1, 0.15) is 12.6 Å². The lowest BCUT2D eigenvalue weighted by atomic mass is 10.4. The zero-order valence-corrected chi connectivity index (χ0v) is 12.8. The van der Waals surface area contributed by atoms with Crippen molar-refractivity contribution in [1.29, 1.82) is 0 Å². The summed E-state index contributed by atoms with van der Waals surface area (Å²) in [6, 6.07) is 4.35. The molecule has 0 aromatic carbocycles. The Morgan fingerprint density at radius 2 is 2.35 bits per heavy atom. The van der Waals surface area contributed by atoms with Gasteiger partial charge in [-0.05, 0) is 25.3 Å². The Morgan fingerprint density at radius 3 is 3.10 bits per heavy atom. The van der Waals surface area contributed by atoms with Crippen LogP contribution in [0.4, 0.5) is 0 Å². The van der Waals surface area contributed by atoms with Crippen molar-refractivity contribution in [3.63, 3.8) is 0 Å². The number of aromatic nitrogens is 4. The van der Waals surface area contributed by atoms with Crippen LogP contribution < -0.4 is 0 Å². The molecule has 20 heavy (non-hydrogen) atoms. The summed E-state index contributed by atoms with van der Waals surface area (Å²) < 4.78 is 7.55. The molecule has 0 saturated carbocycles. The Morgan fingerprint density at radius 1 is 1.45 bits per heavy atom. The first-order chi connectivity index (χ1) is 9.74. The molecule has 0 aliphatic heterocycles. The van der Waals surface area contributed by atoms with E-state index in [0.717, 1.165) is 21.5 Å². The van der Waals surface area contributed by atoms with Gasteiger partial charge in [0, 0.05) is 11.8 Å². The summed E-state index contributed by atoms with van der Waals surface area (Å²) in [6.07, 6.45) is 3.46. The van der Waals surface area contributed by atoms with E-state index in [4.69, 9.17) is 4.42 Å². The van der Waals surface area contributed by atoms with E-state index in [1.165, 1.54) is 0 Å². The largest absolute Gasteiger partial charge is 0.444 e. The van der Waals surface area contributed by atoms with Gasteiger partial charge in [-0.25, -0.2) is 4.98 Å². The third kappa shape index (κ3) is 2.78. The van der Waals surface area contributed by atoms with Crippen molar-refractivity contribution in [2.75, 3.05) is 0 Å². The highest BCUT2D eigenvalue weighted by Gasteiger charge is 2.11. The lowest BCUT2D eigenvalue weighted by Crippen LogP contribution is -2.00. The first-order valence-corrected chi connectivity index (χ1v) is 8.11. The summed E-state index contributed by atoms with van der Waals surface area (Å²) in [7, 11) is 0. The average molecular weight is 306 g/mol. The molecule has 0 radical (unpaired) electrons. The molecule has 0 aliphatic carbocycles. The monoisotopic (exact) mass is 306 g/mol. The number of thiophene rings is 1. The minimum atomic E-state index is 0.353. The second-order valence-electron chi connectivity index (χ2n) is 4.52. The molecule has 0 atom stereocenters. The molecular formula is C13H14N4OS2. The van der Waals surface area contributed by atoms with E-state index in [-0.39, 0.29) is 0 Å². The molecule has 3 heterocycles. The SMILES string of the molecule is CC(C)n1cnnc1SCc1coc(-c2cccs2)n1. The van der Waals surface area contributed by atoms with Crippen molar-refractivity contribution in [3.05, 3.63) is 35.8 Å². The van der Waals surface area contributed by atoms with Crippen LogP contribution in [0.2, 0.25) is 0 Å². The molecule has 0 saturated heterocycles. The predicted molar refractivity (Wildman–Crippen MR) is 79.8 cm³/mol. The molecule has 0 fully saturated rings. The first-order valence-electron chi connectivity index (χ1n) is 6.24. The number of nitrogens with zero attached hydrogens (tertiary/aromatic N) is 4. The maximum Gasteiger partial charge on any atom is 0.236 e. The molecule has 3 aromatic heterocycles. The smallest absolute Gasteiger partial charge is 0.236 e. The third-order valence-electron chi connectivity index (χ3n) is 2.73. The van der Waals surface area contributed by atoms with Crippen LogP contribution >= 0.6 is 23.1 Å². The zero-order valence-electron chi connectivity index (χ0n) is 11.2. The predicted octanol–water partition coefficient (Wildman–Crippen LogP) is 3.87. The molecule has 3 aromatic rings. The lowest BCUT2D eigenvalue weighted by molar-refractivity contribution is 0.549. The van der Waals surface area contributed by atoms with E-state index < -0.39 is 0 Å². The van der Waals surface area contributed by atoms with E-state index in [9.17, 15) is 0 Å². The van der Waals surface area contributed by atoms with Gasteiger partial charge in [0.15, 0.2) is 5.16 Å². The van der Waals surface area contributed by atoms with Gasteiger partial charge in [-0.15, -0.1) is 21.5 Å². The maximum absolute atomic E-state index is 5.50. The molecule has 3 rings (SSSR count). The highest BCUT2D eigenvalue weighted by molar-refractivity contribution is 7.98. The molecule has 0 bridgehead atoms. The number of hydrogen-bond donors (Lipinski definition) is 0. The Kier molecular flexibility index (Phi) is 3.88. The number of rotatable bonds is 5. The number of thioether (sulfide) groups is 1. The van der Waals surface area contributed by atoms with Crippen LogP contribution in [-0.2, 0) is 5.75 Å². The van der Waals surface area contributed by atoms with E-state index in [1.807, 2.05) is 22.1 Å². The van der Waals surface area contributed by atoms with Gasteiger partial charge in [0.05, 0.1) is 10.6 Å². The van der Waals surface area contributed by atoms with Gasteiger partial charge >= 0.3 is 0 Å². The summed E-state index contributed by atoms with van der Waals surface area (Å²) >= 11 is 3.24. The molecule has 7 heteroatoms. The van der Waals surface area contributed by atoms with Gasteiger partial charge in [0.25, 0.3) is 0 Å². The fourth-order valence-electron chi connectivity index (χ4n) is 1.71. The first kappa shape index (κ1) is 13.4. The van der Waals surface area contributed by atoms with Gasteiger partial charge < -0.3 is 8.98 Å².